The Morgan fingerprint density at radius 1 is 0.833 bits per heavy atom. The molecule has 0 saturated carbocycles. The molecule has 2 aliphatic heterocycles. The van der Waals surface area contributed by atoms with Crippen LogP contribution in [0, 0.1) is 0 Å². The second kappa shape index (κ2) is 8.44. The molecule has 0 aromatic heterocycles. The molecule has 2 atom stereocenters. The number of nitrogens with zero attached hydrogens (tertiary/aromatic N) is 2. The van der Waals surface area contributed by atoms with Crippen LogP contribution in [0.25, 0.3) is 0 Å². The summed E-state index contributed by atoms with van der Waals surface area (Å²) in [7, 11) is 0. The van der Waals surface area contributed by atoms with Crippen molar-refractivity contribution in [3.8, 4) is 0 Å². The average Bonchev–Trinajstić information content (AvgIpc) is 2.54. The second-order valence-corrected chi connectivity index (χ2v) is 6.80. The van der Waals surface area contributed by atoms with Crippen LogP contribution in [-0.2, 0) is 9.59 Å². The zero-order chi connectivity index (χ0) is 17.7. The molecule has 2 N–H and O–H groups in total. The predicted molar refractivity (Wildman–Crippen MR) is 91.2 cm³/mol. The molecule has 2 rings (SSSR count). The monoisotopic (exact) mass is 336 g/mol. The van der Waals surface area contributed by atoms with Crippen LogP contribution < -0.4 is 0 Å². The highest BCUT2D eigenvalue weighted by Gasteiger charge is 2.26. The number of β-amino-alcohol motifs (C(OH)–C–C–N with tert-alkyl or cyclic N) is 2. The van der Waals surface area contributed by atoms with Gasteiger partial charge in [-0.25, -0.2) is 0 Å². The Bertz CT molecular complexity index is 471. The van der Waals surface area contributed by atoms with Crippen LogP contribution in [0.5, 0.6) is 0 Å². The van der Waals surface area contributed by atoms with E-state index in [9.17, 15) is 19.8 Å². The number of likely N-dealkylation sites (tertiary alicyclic amines) is 2. The first-order valence-corrected chi connectivity index (χ1v) is 8.68. The van der Waals surface area contributed by atoms with Crippen LogP contribution in [0.2, 0.25) is 0 Å². The van der Waals surface area contributed by atoms with E-state index in [1.165, 1.54) is 0 Å². The first-order valence-electron chi connectivity index (χ1n) is 8.68. The van der Waals surface area contributed by atoms with Gasteiger partial charge < -0.3 is 20.0 Å². The smallest absolute Gasteiger partial charge is 0.249 e. The van der Waals surface area contributed by atoms with Crippen molar-refractivity contribution in [1.82, 2.24) is 9.80 Å². The normalized spacial score (nSPS) is 22.1. The fourth-order valence-corrected chi connectivity index (χ4v) is 3.26. The summed E-state index contributed by atoms with van der Waals surface area (Å²) in [5, 5.41) is 20.2. The highest BCUT2D eigenvalue weighted by molar-refractivity contribution is 5.93. The molecule has 0 radical (unpaired) electrons. The van der Waals surface area contributed by atoms with Gasteiger partial charge in [0.1, 0.15) is 0 Å². The van der Waals surface area contributed by atoms with Crippen molar-refractivity contribution in [3.63, 3.8) is 0 Å². The van der Waals surface area contributed by atoms with Gasteiger partial charge in [-0.1, -0.05) is 13.2 Å². The van der Waals surface area contributed by atoms with E-state index in [1.807, 2.05) is 0 Å². The quantitative estimate of drug-likeness (QED) is 0.675. The number of aliphatic hydroxyl groups excluding tert-OH is 2. The zero-order valence-electron chi connectivity index (χ0n) is 14.2. The molecule has 2 heterocycles. The fourth-order valence-electron chi connectivity index (χ4n) is 3.26. The maximum Gasteiger partial charge on any atom is 0.249 e. The van der Waals surface area contributed by atoms with Crippen molar-refractivity contribution in [2.75, 3.05) is 26.2 Å². The van der Waals surface area contributed by atoms with Gasteiger partial charge >= 0.3 is 0 Å². The molecule has 0 aromatic rings. The molecule has 0 aliphatic carbocycles. The van der Waals surface area contributed by atoms with Gasteiger partial charge in [-0.05, 0) is 38.5 Å². The lowest BCUT2D eigenvalue weighted by molar-refractivity contribution is -0.131. The summed E-state index contributed by atoms with van der Waals surface area (Å²) >= 11 is 0. The number of carbonyl (C=O) groups is 2. The lowest BCUT2D eigenvalue weighted by atomic mass is 10.0. The Morgan fingerprint density at radius 3 is 1.58 bits per heavy atom. The van der Waals surface area contributed by atoms with E-state index >= 15 is 0 Å². The number of hydrogen-bond donors (Lipinski definition) is 2. The van der Waals surface area contributed by atoms with E-state index in [2.05, 4.69) is 13.2 Å². The van der Waals surface area contributed by atoms with Gasteiger partial charge in [0, 0.05) is 37.3 Å². The van der Waals surface area contributed by atoms with Gasteiger partial charge in [0.2, 0.25) is 11.8 Å². The van der Waals surface area contributed by atoms with Crippen molar-refractivity contribution in [2.45, 2.75) is 50.7 Å². The first-order chi connectivity index (χ1) is 11.4. The van der Waals surface area contributed by atoms with E-state index in [0.717, 1.165) is 25.7 Å². The molecule has 2 amide bonds. The van der Waals surface area contributed by atoms with Crippen LogP contribution in [-0.4, -0.2) is 70.2 Å². The number of amides is 2. The Labute approximate surface area is 143 Å². The number of carbonyl (C=O) groups excluding carboxylic acids is 2. The minimum atomic E-state index is -0.679. The maximum atomic E-state index is 11.9. The molecule has 2 fully saturated rings. The van der Waals surface area contributed by atoms with Gasteiger partial charge in [0.25, 0.3) is 0 Å². The SMILES string of the molecule is C=C1CCCN(CC(O)CCC(O)CN2CCCC(=C)C2=O)C1=O. The summed E-state index contributed by atoms with van der Waals surface area (Å²) in [5.74, 6) is -0.170. The van der Waals surface area contributed by atoms with E-state index in [4.69, 9.17) is 0 Å². The molecule has 24 heavy (non-hydrogen) atoms. The molecule has 0 bridgehead atoms. The van der Waals surface area contributed by atoms with Crippen molar-refractivity contribution in [2.24, 2.45) is 0 Å². The van der Waals surface area contributed by atoms with Crippen LogP contribution in [0.3, 0.4) is 0 Å². The topological polar surface area (TPSA) is 81.1 Å². The summed E-state index contributed by atoms with van der Waals surface area (Å²) < 4.78 is 0. The van der Waals surface area contributed by atoms with Gasteiger partial charge in [0.15, 0.2) is 0 Å². The van der Waals surface area contributed by atoms with Crippen molar-refractivity contribution < 1.29 is 19.8 Å². The van der Waals surface area contributed by atoms with E-state index in [-0.39, 0.29) is 24.9 Å². The Hall–Kier alpha value is -1.66. The third-order valence-corrected chi connectivity index (χ3v) is 4.69. The van der Waals surface area contributed by atoms with Gasteiger partial charge in [0.05, 0.1) is 12.2 Å². The highest BCUT2D eigenvalue weighted by atomic mass is 16.3. The molecular formula is C18H28N2O4. The second-order valence-electron chi connectivity index (χ2n) is 6.80. The maximum absolute atomic E-state index is 11.9. The van der Waals surface area contributed by atoms with Crippen LogP contribution in [0.15, 0.2) is 24.3 Å². The summed E-state index contributed by atoms with van der Waals surface area (Å²) in [6.07, 6.45) is 2.62. The van der Waals surface area contributed by atoms with Crippen molar-refractivity contribution in [3.05, 3.63) is 24.3 Å². The van der Waals surface area contributed by atoms with E-state index < -0.39 is 12.2 Å². The fraction of sp³-hybridized carbons (Fsp3) is 0.667. The summed E-state index contributed by atoms with van der Waals surface area (Å²) in [4.78, 5) is 27.1. The zero-order valence-corrected chi connectivity index (χ0v) is 14.2. The molecule has 0 spiro atoms. The summed E-state index contributed by atoms with van der Waals surface area (Å²) in [6, 6.07) is 0. The largest absolute Gasteiger partial charge is 0.391 e. The Kier molecular flexibility index (Phi) is 6.57. The molecule has 6 nitrogen and oxygen atoms in total. The third-order valence-electron chi connectivity index (χ3n) is 4.69. The number of hydrogen-bond acceptors (Lipinski definition) is 4. The summed E-state index contributed by atoms with van der Waals surface area (Å²) in [5.41, 5.74) is 1.19. The van der Waals surface area contributed by atoms with E-state index in [0.29, 0.717) is 37.1 Å². The first kappa shape index (κ1) is 18.7. The minimum Gasteiger partial charge on any atom is -0.391 e. The molecule has 0 aromatic carbocycles. The number of piperidine rings is 2. The minimum absolute atomic E-state index is 0.0849. The standard InChI is InChI=1S/C18H28N2O4/c1-13-5-3-9-19(17(13)23)11-15(21)7-8-16(22)12-20-10-4-6-14(2)18(20)24/h15-16,21-22H,1-12H2. The molecule has 134 valence electrons. The predicted octanol–water partition coefficient (Wildman–Crippen LogP) is 0.846. The van der Waals surface area contributed by atoms with E-state index in [1.54, 1.807) is 9.80 Å². The van der Waals surface area contributed by atoms with Gasteiger partial charge in [-0.15, -0.1) is 0 Å². The van der Waals surface area contributed by atoms with Crippen molar-refractivity contribution in [1.29, 1.82) is 0 Å². The molecule has 2 unspecified atom stereocenters. The Morgan fingerprint density at radius 2 is 1.21 bits per heavy atom. The molecule has 2 saturated heterocycles. The lowest BCUT2D eigenvalue weighted by Gasteiger charge is -2.31. The van der Waals surface area contributed by atoms with Crippen LogP contribution in [0.1, 0.15) is 38.5 Å². The van der Waals surface area contributed by atoms with Gasteiger partial charge in [-0.3, -0.25) is 9.59 Å². The molecule has 6 heteroatoms. The molecular weight excluding hydrogens is 308 g/mol. The van der Waals surface area contributed by atoms with Gasteiger partial charge in [-0.2, -0.15) is 0 Å². The number of aliphatic hydroxyl groups is 2. The van der Waals surface area contributed by atoms with Crippen molar-refractivity contribution >= 4 is 11.8 Å². The summed E-state index contributed by atoms with van der Waals surface area (Å²) in [6.45, 7) is 9.31. The number of rotatable bonds is 7. The van der Waals surface area contributed by atoms with Crippen LogP contribution in [0.4, 0.5) is 0 Å². The third kappa shape index (κ3) is 4.92. The Balaban J connectivity index is 1.72. The highest BCUT2D eigenvalue weighted by Crippen LogP contribution is 2.18. The molecule has 2 aliphatic rings. The average molecular weight is 336 g/mol. The lowest BCUT2D eigenvalue weighted by Crippen LogP contribution is -2.43. The van der Waals surface area contributed by atoms with Crippen LogP contribution >= 0.6 is 0 Å².